The van der Waals surface area contributed by atoms with Crippen LogP contribution in [0.1, 0.15) is 12.5 Å². The summed E-state index contributed by atoms with van der Waals surface area (Å²) in [5.74, 6) is 2.31. The SMILES string of the molecule is COc1ccc(CNC(=O)C(C)Oc2ccc3c(c2)c2ccnc4c5ccc(OC)c(OC)c5c(=O)n3c24)c(OC)c1. The van der Waals surface area contributed by atoms with Crippen molar-refractivity contribution in [2.75, 3.05) is 28.4 Å². The Labute approximate surface area is 240 Å². The molecule has 0 fully saturated rings. The minimum atomic E-state index is -0.782. The van der Waals surface area contributed by atoms with Crippen molar-refractivity contribution >= 4 is 44.0 Å². The second-order valence-electron chi connectivity index (χ2n) is 9.75. The number of fused-ring (bicyclic) bond motifs is 5. The fourth-order valence-electron chi connectivity index (χ4n) is 5.46. The van der Waals surface area contributed by atoms with E-state index in [4.69, 9.17) is 23.7 Å². The highest BCUT2D eigenvalue weighted by atomic mass is 16.5. The second kappa shape index (κ2) is 10.6. The fraction of sp³-hybridized carbons (Fsp3) is 0.219. The highest BCUT2D eigenvalue weighted by Gasteiger charge is 2.23. The number of nitrogens with zero attached hydrogens (tertiary/aromatic N) is 2. The normalized spacial score (nSPS) is 12.1. The summed E-state index contributed by atoms with van der Waals surface area (Å²) in [6, 6.07) is 16.3. The number of aromatic nitrogens is 2. The van der Waals surface area contributed by atoms with Crippen LogP contribution in [-0.4, -0.2) is 49.8 Å². The van der Waals surface area contributed by atoms with Gasteiger partial charge in [-0.2, -0.15) is 0 Å². The molecule has 0 aliphatic rings. The van der Waals surface area contributed by atoms with Gasteiger partial charge in [-0.15, -0.1) is 0 Å². The van der Waals surface area contributed by atoms with Crippen molar-refractivity contribution < 1.29 is 28.5 Å². The minimum absolute atomic E-state index is 0.239. The van der Waals surface area contributed by atoms with Gasteiger partial charge >= 0.3 is 0 Å². The standard InChI is InChI=1S/C32H29N3O7/c1-17(31(36)34-16-18-6-7-19(38-2)15-26(18)40-4)42-20-8-10-24-23(14-20)21-12-13-33-28-22-9-11-25(39-3)30(41-5)27(22)32(37)35(24)29(21)28/h6-15,17H,16H2,1-5H3,(H,34,36). The summed E-state index contributed by atoms with van der Waals surface area (Å²) < 4.78 is 29.4. The Morgan fingerprint density at radius 1 is 0.857 bits per heavy atom. The average Bonchev–Trinajstić information content (AvgIpc) is 3.36. The summed E-state index contributed by atoms with van der Waals surface area (Å²) in [5, 5.41) is 5.61. The maximum Gasteiger partial charge on any atom is 0.267 e. The maximum atomic E-state index is 13.9. The summed E-state index contributed by atoms with van der Waals surface area (Å²) in [4.78, 5) is 31.5. The van der Waals surface area contributed by atoms with Crippen LogP contribution in [0.5, 0.6) is 28.7 Å². The molecule has 3 aromatic carbocycles. The number of methoxy groups -OCH3 is 4. The lowest BCUT2D eigenvalue weighted by molar-refractivity contribution is -0.127. The van der Waals surface area contributed by atoms with Gasteiger partial charge in [0, 0.05) is 40.5 Å². The molecule has 0 bridgehead atoms. The van der Waals surface area contributed by atoms with Crippen LogP contribution in [0.3, 0.4) is 0 Å². The monoisotopic (exact) mass is 567 g/mol. The number of pyridine rings is 2. The Morgan fingerprint density at radius 2 is 1.64 bits per heavy atom. The van der Waals surface area contributed by atoms with Crippen LogP contribution in [0.2, 0.25) is 0 Å². The molecule has 1 unspecified atom stereocenters. The predicted octanol–water partition coefficient (Wildman–Crippen LogP) is 4.71. The van der Waals surface area contributed by atoms with Gasteiger partial charge in [0.25, 0.3) is 11.5 Å². The third-order valence-electron chi connectivity index (χ3n) is 7.49. The van der Waals surface area contributed by atoms with E-state index in [-0.39, 0.29) is 18.0 Å². The molecule has 0 spiro atoms. The topological polar surface area (TPSA) is 110 Å². The van der Waals surface area contributed by atoms with Crippen molar-refractivity contribution in [3.63, 3.8) is 0 Å². The maximum absolute atomic E-state index is 13.9. The Balaban J connectivity index is 1.35. The van der Waals surface area contributed by atoms with Crippen molar-refractivity contribution in [1.29, 1.82) is 0 Å². The second-order valence-corrected chi connectivity index (χ2v) is 9.75. The van der Waals surface area contributed by atoms with Crippen LogP contribution in [0.4, 0.5) is 0 Å². The summed E-state index contributed by atoms with van der Waals surface area (Å²) in [5.41, 5.74) is 2.63. The number of carbonyl (C=O) groups excluding carboxylic acids is 1. The predicted molar refractivity (Wildman–Crippen MR) is 160 cm³/mol. The van der Waals surface area contributed by atoms with Crippen molar-refractivity contribution in [3.05, 3.63) is 76.7 Å². The van der Waals surface area contributed by atoms with E-state index in [9.17, 15) is 9.59 Å². The van der Waals surface area contributed by atoms with E-state index >= 15 is 0 Å². The molecule has 3 heterocycles. The first-order chi connectivity index (χ1) is 20.4. The van der Waals surface area contributed by atoms with Gasteiger partial charge in [-0.1, -0.05) is 0 Å². The number of rotatable bonds is 9. The van der Waals surface area contributed by atoms with Crippen LogP contribution in [0.25, 0.3) is 38.1 Å². The third kappa shape index (κ3) is 4.23. The number of carbonyl (C=O) groups is 1. The first-order valence-corrected chi connectivity index (χ1v) is 13.3. The Kier molecular flexibility index (Phi) is 6.82. The Bertz CT molecular complexity index is 2040. The van der Waals surface area contributed by atoms with Crippen molar-refractivity contribution in [2.24, 2.45) is 0 Å². The summed E-state index contributed by atoms with van der Waals surface area (Å²) in [6.07, 6.45) is 0.935. The van der Waals surface area contributed by atoms with E-state index in [1.54, 1.807) is 49.9 Å². The van der Waals surface area contributed by atoms with E-state index < -0.39 is 6.10 Å². The van der Waals surface area contributed by atoms with Gasteiger partial charge in [0.15, 0.2) is 17.6 Å². The van der Waals surface area contributed by atoms with Gasteiger partial charge in [-0.3, -0.25) is 19.0 Å². The fourth-order valence-corrected chi connectivity index (χ4v) is 5.46. The lowest BCUT2D eigenvalue weighted by Crippen LogP contribution is -2.36. The number of amides is 1. The molecule has 6 aromatic rings. The van der Waals surface area contributed by atoms with E-state index in [0.29, 0.717) is 56.1 Å². The Morgan fingerprint density at radius 3 is 2.38 bits per heavy atom. The zero-order valence-electron chi connectivity index (χ0n) is 23.8. The van der Waals surface area contributed by atoms with Gasteiger partial charge < -0.3 is 29.0 Å². The molecule has 1 amide bonds. The lowest BCUT2D eigenvalue weighted by atomic mass is 10.1. The van der Waals surface area contributed by atoms with E-state index in [1.807, 2.05) is 36.4 Å². The molecule has 10 heteroatoms. The van der Waals surface area contributed by atoms with Gasteiger partial charge in [0.2, 0.25) is 0 Å². The molecular weight excluding hydrogens is 538 g/mol. The molecule has 214 valence electrons. The van der Waals surface area contributed by atoms with Crippen LogP contribution in [0, 0.1) is 0 Å². The van der Waals surface area contributed by atoms with Crippen LogP contribution < -0.4 is 34.6 Å². The summed E-state index contributed by atoms with van der Waals surface area (Å²) in [7, 11) is 6.20. The molecule has 0 radical (unpaired) electrons. The molecule has 3 aromatic heterocycles. The number of hydrogen-bond acceptors (Lipinski definition) is 8. The highest BCUT2D eigenvalue weighted by Crippen LogP contribution is 2.39. The van der Waals surface area contributed by atoms with Crippen molar-refractivity contribution in [1.82, 2.24) is 14.7 Å². The van der Waals surface area contributed by atoms with Gasteiger partial charge in [0.05, 0.1) is 50.4 Å². The number of nitrogens with one attached hydrogen (secondary N) is 1. The average molecular weight is 568 g/mol. The first kappa shape index (κ1) is 26.9. The molecule has 1 atom stereocenters. The van der Waals surface area contributed by atoms with Crippen molar-refractivity contribution in [2.45, 2.75) is 19.6 Å². The highest BCUT2D eigenvalue weighted by molar-refractivity contribution is 6.19. The van der Waals surface area contributed by atoms with Crippen LogP contribution in [-0.2, 0) is 11.3 Å². The van der Waals surface area contributed by atoms with Gasteiger partial charge in [-0.05, 0) is 55.5 Å². The smallest absolute Gasteiger partial charge is 0.267 e. The Hall–Kier alpha value is -5.25. The van der Waals surface area contributed by atoms with E-state index in [1.165, 1.54) is 14.2 Å². The number of ether oxygens (including phenoxy) is 5. The molecule has 42 heavy (non-hydrogen) atoms. The molecule has 0 aliphatic heterocycles. The molecule has 10 nitrogen and oxygen atoms in total. The van der Waals surface area contributed by atoms with E-state index in [0.717, 1.165) is 16.3 Å². The number of benzene rings is 3. The molecule has 1 N–H and O–H groups in total. The molecule has 0 saturated carbocycles. The van der Waals surface area contributed by atoms with Crippen molar-refractivity contribution in [3.8, 4) is 28.7 Å². The third-order valence-corrected chi connectivity index (χ3v) is 7.49. The van der Waals surface area contributed by atoms with E-state index in [2.05, 4.69) is 10.3 Å². The molecule has 6 rings (SSSR count). The van der Waals surface area contributed by atoms with Gasteiger partial charge in [-0.25, -0.2) is 0 Å². The quantitative estimate of drug-likeness (QED) is 0.250. The molecular formula is C32H29N3O7. The number of hydrogen-bond donors (Lipinski definition) is 1. The lowest BCUT2D eigenvalue weighted by Gasteiger charge is -2.16. The first-order valence-electron chi connectivity index (χ1n) is 13.3. The largest absolute Gasteiger partial charge is 0.497 e. The molecule has 0 aliphatic carbocycles. The summed E-state index contributed by atoms with van der Waals surface area (Å²) in [6.45, 7) is 1.95. The zero-order chi connectivity index (χ0) is 29.5. The zero-order valence-corrected chi connectivity index (χ0v) is 23.8. The van der Waals surface area contributed by atoms with Crippen LogP contribution >= 0.6 is 0 Å². The van der Waals surface area contributed by atoms with Crippen LogP contribution in [0.15, 0.2) is 65.6 Å². The van der Waals surface area contributed by atoms with Gasteiger partial charge in [0.1, 0.15) is 17.2 Å². The summed E-state index contributed by atoms with van der Waals surface area (Å²) >= 11 is 0. The minimum Gasteiger partial charge on any atom is -0.497 e. The molecule has 0 saturated heterocycles.